The maximum Gasteiger partial charge on any atom is 0.323 e. The molecule has 1 aliphatic carbocycles. The van der Waals surface area contributed by atoms with E-state index in [1.165, 1.54) is 11.3 Å². The SMILES string of the molecule is [B]CCCCC(N)(C(=O)O)C1CC(NCc2ccccc2N2CCOCC2)C1. The van der Waals surface area contributed by atoms with Gasteiger partial charge in [-0.3, -0.25) is 4.79 Å². The number of ether oxygens (including phenoxy) is 1. The number of rotatable bonds is 10. The van der Waals surface area contributed by atoms with E-state index >= 15 is 0 Å². The summed E-state index contributed by atoms with van der Waals surface area (Å²) in [5.74, 6) is -0.861. The Labute approximate surface area is 169 Å². The third-order valence-corrected chi connectivity index (χ3v) is 6.23. The number of benzene rings is 1. The summed E-state index contributed by atoms with van der Waals surface area (Å²) >= 11 is 0. The number of para-hydroxylation sites is 1. The van der Waals surface area contributed by atoms with Crippen LogP contribution in [0.4, 0.5) is 5.69 Å². The monoisotopic (exact) mass is 385 g/mol. The van der Waals surface area contributed by atoms with Crippen LogP contribution in [0.25, 0.3) is 0 Å². The first kappa shape index (κ1) is 21.2. The molecule has 28 heavy (non-hydrogen) atoms. The molecule has 1 saturated heterocycles. The molecule has 2 fully saturated rings. The van der Waals surface area contributed by atoms with Crippen LogP contribution in [0, 0.1) is 5.92 Å². The first-order chi connectivity index (χ1) is 13.5. The summed E-state index contributed by atoms with van der Waals surface area (Å²) in [7, 11) is 5.53. The molecule has 6 nitrogen and oxygen atoms in total. The number of nitrogens with zero attached hydrogens (tertiary/aromatic N) is 1. The number of nitrogens with one attached hydrogen (secondary N) is 1. The number of nitrogens with two attached hydrogens (primary N) is 1. The standard InChI is InChI=1S/C21H32BN3O3/c22-8-4-3-7-21(23,20(26)27)17-13-18(14-17)24-15-16-5-1-2-6-19(16)25-9-11-28-12-10-25/h1-2,5-6,17-18,24H,3-4,7-15,23H2,(H,26,27). The lowest BCUT2D eigenvalue weighted by Gasteiger charge is -2.45. The van der Waals surface area contributed by atoms with Crippen LogP contribution in [-0.2, 0) is 16.1 Å². The zero-order chi connectivity index (χ0) is 20.0. The topological polar surface area (TPSA) is 87.8 Å². The van der Waals surface area contributed by atoms with Gasteiger partial charge in [0.05, 0.1) is 21.1 Å². The first-order valence-electron chi connectivity index (χ1n) is 10.4. The predicted molar refractivity (Wildman–Crippen MR) is 112 cm³/mol. The van der Waals surface area contributed by atoms with Crippen LogP contribution in [0.15, 0.2) is 24.3 Å². The molecule has 0 spiro atoms. The fraction of sp³-hybridized carbons (Fsp3) is 0.667. The van der Waals surface area contributed by atoms with Gasteiger partial charge in [-0.1, -0.05) is 37.4 Å². The van der Waals surface area contributed by atoms with Gasteiger partial charge in [0.2, 0.25) is 0 Å². The normalized spacial score (nSPS) is 24.4. The van der Waals surface area contributed by atoms with Gasteiger partial charge in [0.1, 0.15) is 5.54 Å². The largest absolute Gasteiger partial charge is 0.480 e. The van der Waals surface area contributed by atoms with Gasteiger partial charge in [-0.15, -0.1) is 0 Å². The lowest BCUT2D eigenvalue weighted by atomic mass is 9.66. The van der Waals surface area contributed by atoms with Crippen LogP contribution in [0.2, 0.25) is 6.32 Å². The Morgan fingerprint density at radius 1 is 1.29 bits per heavy atom. The summed E-state index contributed by atoms with van der Waals surface area (Å²) in [6.07, 6.45) is 4.28. The number of aliphatic carboxylic acids is 1. The van der Waals surface area contributed by atoms with Crippen molar-refractivity contribution in [2.24, 2.45) is 11.7 Å². The second-order valence-corrected chi connectivity index (χ2v) is 8.07. The van der Waals surface area contributed by atoms with Gasteiger partial charge in [-0.05, 0) is 36.8 Å². The van der Waals surface area contributed by atoms with Crippen molar-refractivity contribution in [3.8, 4) is 0 Å². The van der Waals surface area contributed by atoms with Crippen LogP contribution in [0.5, 0.6) is 0 Å². The van der Waals surface area contributed by atoms with E-state index in [9.17, 15) is 9.90 Å². The van der Waals surface area contributed by atoms with Crippen LogP contribution in [0.3, 0.4) is 0 Å². The van der Waals surface area contributed by atoms with E-state index in [-0.39, 0.29) is 5.92 Å². The molecule has 1 unspecified atom stereocenters. The molecule has 7 heteroatoms. The molecule has 2 aliphatic rings. The number of morpholine rings is 1. The highest BCUT2D eigenvalue weighted by molar-refractivity contribution is 6.08. The van der Waals surface area contributed by atoms with Crippen LogP contribution >= 0.6 is 0 Å². The van der Waals surface area contributed by atoms with E-state index in [2.05, 4.69) is 34.5 Å². The minimum absolute atomic E-state index is 0.0229. The van der Waals surface area contributed by atoms with Crippen molar-refractivity contribution in [2.75, 3.05) is 31.2 Å². The number of anilines is 1. The molecule has 0 amide bonds. The molecular formula is C21H32BN3O3. The Morgan fingerprint density at radius 2 is 2.00 bits per heavy atom. The summed E-state index contributed by atoms with van der Waals surface area (Å²) in [4.78, 5) is 14.1. The third kappa shape index (κ3) is 4.88. The lowest BCUT2D eigenvalue weighted by Crippen LogP contribution is -2.61. The van der Waals surface area contributed by atoms with Crippen molar-refractivity contribution >= 4 is 19.5 Å². The first-order valence-corrected chi connectivity index (χ1v) is 10.4. The average molecular weight is 385 g/mol. The van der Waals surface area contributed by atoms with Crippen LogP contribution < -0.4 is 16.0 Å². The fourth-order valence-electron chi connectivity index (χ4n) is 4.28. The molecule has 0 aromatic heterocycles. The molecule has 1 aromatic rings. The van der Waals surface area contributed by atoms with E-state index in [0.29, 0.717) is 18.8 Å². The quantitative estimate of drug-likeness (QED) is 0.421. The van der Waals surface area contributed by atoms with Gasteiger partial charge < -0.3 is 25.8 Å². The van der Waals surface area contributed by atoms with Gasteiger partial charge >= 0.3 is 5.97 Å². The summed E-state index contributed by atoms with van der Waals surface area (Å²) in [5.41, 5.74) is 7.70. The average Bonchev–Trinajstić information content (AvgIpc) is 2.68. The van der Waals surface area contributed by atoms with Gasteiger partial charge in [-0.25, -0.2) is 0 Å². The zero-order valence-electron chi connectivity index (χ0n) is 16.6. The Morgan fingerprint density at radius 3 is 2.68 bits per heavy atom. The summed E-state index contributed by atoms with van der Waals surface area (Å²) in [6, 6.07) is 8.78. The number of carboxylic acids is 1. The van der Waals surface area contributed by atoms with Crippen LogP contribution in [0.1, 0.15) is 37.7 Å². The van der Waals surface area contributed by atoms with Crippen molar-refractivity contribution in [1.29, 1.82) is 0 Å². The maximum atomic E-state index is 11.8. The van der Waals surface area contributed by atoms with E-state index in [1.54, 1.807) is 0 Å². The molecule has 1 aromatic carbocycles. The minimum Gasteiger partial charge on any atom is -0.480 e. The minimum atomic E-state index is -1.13. The second-order valence-electron chi connectivity index (χ2n) is 8.07. The molecule has 3 rings (SSSR count). The molecule has 1 aliphatic heterocycles. The highest BCUT2D eigenvalue weighted by atomic mass is 16.5. The number of hydrogen-bond acceptors (Lipinski definition) is 5. The molecular weight excluding hydrogens is 353 g/mol. The zero-order valence-corrected chi connectivity index (χ0v) is 16.6. The van der Waals surface area contributed by atoms with Gasteiger partial charge in [0.15, 0.2) is 0 Å². The maximum absolute atomic E-state index is 11.8. The molecule has 1 saturated carbocycles. The number of carboxylic acid groups (broad SMARTS) is 1. The van der Waals surface area contributed by atoms with E-state index in [4.69, 9.17) is 18.3 Å². The van der Waals surface area contributed by atoms with Gasteiger partial charge in [0.25, 0.3) is 0 Å². The fourth-order valence-corrected chi connectivity index (χ4v) is 4.28. The second kappa shape index (κ2) is 9.77. The lowest BCUT2D eigenvalue weighted by molar-refractivity contribution is -0.148. The Balaban J connectivity index is 1.52. The Bertz CT molecular complexity index is 648. The molecule has 4 N–H and O–H groups in total. The van der Waals surface area contributed by atoms with E-state index < -0.39 is 11.5 Å². The van der Waals surface area contributed by atoms with E-state index in [0.717, 1.165) is 58.5 Å². The summed E-state index contributed by atoms with van der Waals surface area (Å²) < 4.78 is 5.46. The molecule has 1 atom stereocenters. The highest BCUT2D eigenvalue weighted by Gasteiger charge is 2.47. The molecule has 0 bridgehead atoms. The number of hydrogen-bond donors (Lipinski definition) is 3. The molecule has 1 heterocycles. The van der Waals surface area contributed by atoms with E-state index in [1.807, 2.05) is 0 Å². The number of carbonyl (C=O) groups is 1. The Kier molecular flexibility index (Phi) is 7.38. The summed E-state index contributed by atoms with van der Waals surface area (Å²) in [5, 5.41) is 13.2. The van der Waals surface area contributed by atoms with Crippen molar-refractivity contribution in [3.05, 3.63) is 29.8 Å². The molecule has 152 valence electrons. The van der Waals surface area contributed by atoms with Crippen molar-refractivity contribution in [1.82, 2.24) is 5.32 Å². The van der Waals surface area contributed by atoms with Gasteiger partial charge in [-0.2, -0.15) is 0 Å². The van der Waals surface area contributed by atoms with Crippen molar-refractivity contribution in [3.63, 3.8) is 0 Å². The predicted octanol–water partition coefficient (Wildman–Crippen LogP) is 1.93. The van der Waals surface area contributed by atoms with Crippen LogP contribution in [-0.4, -0.2) is 56.8 Å². The number of unbranched alkanes of at least 4 members (excludes halogenated alkanes) is 1. The highest BCUT2D eigenvalue weighted by Crippen LogP contribution is 2.38. The third-order valence-electron chi connectivity index (χ3n) is 6.23. The van der Waals surface area contributed by atoms with Gasteiger partial charge in [0, 0.05) is 31.4 Å². The van der Waals surface area contributed by atoms with Crippen molar-refractivity contribution < 1.29 is 14.6 Å². The smallest absolute Gasteiger partial charge is 0.323 e. The summed E-state index contributed by atoms with van der Waals surface area (Å²) in [6.45, 7) is 4.15. The molecule has 2 radical (unpaired) electrons. The Hall–Kier alpha value is -1.57. The van der Waals surface area contributed by atoms with Crippen molar-refractivity contribution in [2.45, 2.75) is 56.5 Å².